The van der Waals surface area contributed by atoms with Crippen LogP contribution < -0.4 is 0 Å². The third-order valence-electron chi connectivity index (χ3n) is 1.73. The lowest BCUT2D eigenvalue weighted by atomic mass is 10.5. The smallest absolute Gasteiger partial charge is 0.314 e. The van der Waals surface area contributed by atoms with E-state index in [0.717, 1.165) is 11.8 Å². The van der Waals surface area contributed by atoms with Crippen molar-refractivity contribution >= 4 is 8.25 Å². The van der Waals surface area contributed by atoms with Crippen LogP contribution in [0.15, 0.2) is 0 Å². The Balaban J connectivity index is 0.000000151. The molecule has 0 radical (unpaired) electrons. The molecule has 0 aliphatic heterocycles. The molecule has 0 aromatic heterocycles. The fourth-order valence-corrected chi connectivity index (χ4v) is 0.333. The highest BCUT2D eigenvalue weighted by molar-refractivity contribution is 7.30. The summed E-state index contributed by atoms with van der Waals surface area (Å²) in [4.78, 5) is 14.3. The van der Waals surface area contributed by atoms with E-state index < -0.39 is 8.25 Å². The highest BCUT2D eigenvalue weighted by Crippen LogP contribution is 2.27. The van der Waals surface area contributed by atoms with E-state index in [1.807, 2.05) is 0 Å². The molecule has 74 valence electrons. The Morgan fingerprint density at radius 2 is 1.08 bits per heavy atom. The van der Waals surface area contributed by atoms with Gasteiger partial charge in [-0.3, -0.25) is 4.57 Å². The van der Waals surface area contributed by atoms with E-state index in [2.05, 4.69) is 13.8 Å². The van der Waals surface area contributed by atoms with E-state index in [1.54, 1.807) is 0 Å². The lowest BCUT2D eigenvalue weighted by Crippen LogP contribution is -1.42. The Labute approximate surface area is 74.8 Å². The predicted octanol–water partition coefficient (Wildman–Crippen LogP) is 2.19. The van der Waals surface area contributed by atoms with Crippen LogP contribution in [0.5, 0.6) is 0 Å². The predicted molar refractivity (Wildman–Crippen MR) is 50.2 cm³/mol. The molecular formula is C8H19O3P. The molecular weight excluding hydrogens is 175 g/mol. The maximum atomic E-state index is 8.74. The van der Waals surface area contributed by atoms with Gasteiger partial charge in [0.15, 0.2) is 0 Å². The van der Waals surface area contributed by atoms with Gasteiger partial charge in [0.1, 0.15) is 0 Å². The summed E-state index contributed by atoms with van der Waals surface area (Å²) in [6.07, 6.45) is 5.94. The van der Waals surface area contributed by atoms with Crippen LogP contribution in [0.4, 0.5) is 0 Å². The zero-order valence-electron chi connectivity index (χ0n) is 7.79. The molecule has 3 nitrogen and oxygen atoms in total. The molecule has 0 amide bonds. The highest BCUT2D eigenvalue weighted by Gasteiger charge is 2.13. The quantitative estimate of drug-likeness (QED) is 0.581. The van der Waals surface area contributed by atoms with Crippen LogP contribution in [-0.4, -0.2) is 9.79 Å². The minimum Gasteiger partial charge on any atom is -0.326 e. The van der Waals surface area contributed by atoms with Crippen molar-refractivity contribution < 1.29 is 14.4 Å². The first-order chi connectivity index (χ1) is 5.52. The van der Waals surface area contributed by atoms with E-state index in [4.69, 9.17) is 14.4 Å². The first kappa shape index (κ1) is 12.2. The fourth-order valence-electron chi connectivity index (χ4n) is 0.333. The summed E-state index contributed by atoms with van der Waals surface area (Å²) in [6.45, 7) is 4.56. The summed E-state index contributed by atoms with van der Waals surface area (Å²) in [7, 11) is -3.13. The first-order valence-electron chi connectivity index (χ1n) is 4.44. The minimum absolute atomic E-state index is 1.08. The van der Waals surface area contributed by atoms with Gasteiger partial charge in [0.25, 0.3) is 0 Å². The Bertz CT molecular complexity index is 116. The third kappa shape index (κ3) is 22.5. The van der Waals surface area contributed by atoms with Gasteiger partial charge in [-0.2, -0.15) is 0 Å². The zero-order valence-corrected chi connectivity index (χ0v) is 8.79. The molecule has 0 aromatic rings. The Hall–Kier alpha value is 0.150. The summed E-state index contributed by atoms with van der Waals surface area (Å²) in [5.74, 6) is 2.17. The Morgan fingerprint density at radius 1 is 1.00 bits per heavy atom. The van der Waals surface area contributed by atoms with Gasteiger partial charge in [-0.25, -0.2) is 0 Å². The van der Waals surface area contributed by atoms with Crippen molar-refractivity contribution in [1.82, 2.24) is 0 Å². The average molecular weight is 194 g/mol. The molecule has 0 heterocycles. The Kier molecular flexibility index (Phi) is 6.73. The normalized spacial score (nSPS) is 20.4. The van der Waals surface area contributed by atoms with Crippen LogP contribution >= 0.6 is 8.25 Å². The van der Waals surface area contributed by atoms with Crippen molar-refractivity contribution in [3.63, 3.8) is 0 Å². The molecule has 2 N–H and O–H groups in total. The van der Waals surface area contributed by atoms with E-state index >= 15 is 0 Å². The number of hydrogen-bond acceptors (Lipinski definition) is 1. The van der Waals surface area contributed by atoms with Gasteiger partial charge in [-0.05, 0) is 11.8 Å². The lowest BCUT2D eigenvalue weighted by molar-refractivity contribution is 0.405. The second-order valence-corrected chi connectivity index (χ2v) is 4.21. The maximum Gasteiger partial charge on any atom is 0.314 e. The topological polar surface area (TPSA) is 57.5 Å². The van der Waals surface area contributed by atoms with Gasteiger partial charge in [0, 0.05) is 0 Å². The summed E-state index contributed by atoms with van der Waals surface area (Å²) in [5, 5.41) is 0. The van der Waals surface area contributed by atoms with Crippen LogP contribution in [0, 0.1) is 11.8 Å². The summed E-state index contributed by atoms with van der Waals surface area (Å²) >= 11 is 0. The molecule has 0 unspecified atom stereocenters. The van der Waals surface area contributed by atoms with Gasteiger partial charge in [0.2, 0.25) is 0 Å². The highest BCUT2D eigenvalue weighted by atomic mass is 31.1. The van der Waals surface area contributed by atoms with Crippen molar-refractivity contribution in [2.75, 3.05) is 0 Å². The molecule has 2 fully saturated rings. The van der Waals surface area contributed by atoms with Gasteiger partial charge < -0.3 is 9.79 Å². The number of hydrogen-bond donors (Lipinski definition) is 2. The van der Waals surface area contributed by atoms with Crippen molar-refractivity contribution in [2.24, 2.45) is 11.8 Å². The average Bonchev–Trinajstić information content (AvgIpc) is 2.72. The first-order valence-corrected chi connectivity index (χ1v) is 5.74. The summed E-state index contributed by atoms with van der Waals surface area (Å²) < 4.78 is 8.74. The van der Waals surface area contributed by atoms with Crippen LogP contribution in [0.3, 0.4) is 0 Å². The van der Waals surface area contributed by atoms with Crippen molar-refractivity contribution in [2.45, 2.75) is 39.5 Å². The third-order valence-corrected chi connectivity index (χ3v) is 1.73. The second-order valence-electron chi connectivity index (χ2n) is 3.65. The van der Waals surface area contributed by atoms with Gasteiger partial charge >= 0.3 is 8.25 Å². The van der Waals surface area contributed by atoms with E-state index in [-0.39, 0.29) is 0 Å². The molecule has 2 rings (SSSR count). The molecule has 12 heavy (non-hydrogen) atoms. The van der Waals surface area contributed by atoms with Gasteiger partial charge in [0.05, 0.1) is 0 Å². The summed E-state index contributed by atoms with van der Waals surface area (Å²) in [6, 6.07) is 0. The van der Waals surface area contributed by atoms with Gasteiger partial charge in [-0.15, -0.1) is 0 Å². The molecule has 2 aliphatic carbocycles. The van der Waals surface area contributed by atoms with Crippen LogP contribution in [0.1, 0.15) is 39.5 Å². The van der Waals surface area contributed by atoms with E-state index in [1.165, 1.54) is 25.7 Å². The molecule has 0 saturated heterocycles. The summed E-state index contributed by atoms with van der Waals surface area (Å²) in [5.41, 5.74) is 0. The molecule has 0 bridgehead atoms. The molecule has 0 spiro atoms. The second kappa shape index (κ2) is 6.64. The van der Waals surface area contributed by atoms with Crippen LogP contribution in [0.25, 0.3) is 0 Å². The van der Waals surface area contributed by atoms with Crippen molar-refractivity contribution in [1.29, 1.82) is 0 Å². The molecule has 2 aliphatic rings. The van der Waals surface area contributed by atoms with Crippen molar-refractivity contribution in [3.05, 3.63) is 0 Å². The lowest BCUT2D eigenvalue weighted by Gasteiger charge is -1.61. The largest absolute Gasteiger partial charge is 0.326 e. The monoisotopic (exact) mass is 194 g/mol. The molecule has 0 aromatic carbocycles. The number of rotatable bonds is 0. The van der Waals surface area contributed by atoms with E-state index in [0.29, 0.717) is 0 Å². The fraction of sp³-hybridized carbons (Fsp3) is 1.00. The zero-order chi connectivity index (χ0) is 9.56. The molecule has 0 atom stereocenters. The maximum absolute atomic E-state index is 8.74. The molecule has 4 heteroatoms. The van der Waals surface area contributed by atoms with Crippen LogP contribution in [0.2, 0.25) is 0 Å². The SMILES string of the molecule is CC1CC1.CC1CC1.O=[PH](O)O. The standard InChI is InChI=1S/2C4H8.H3O3P/c2*1-4-2-3-4;1-4(2)3/h2*4H,2-3H2,1H3;4H,(H2,1,2,3). The molecule has 2 saturated carbocycles. The minimum atomic E-state index is -3.13. The van der Waals surface area contributed by atoms with Crippen LogP contribution in [-0.2, 0) is 4.57 Å². The Morgan fingerprint density at radius 3 is 1.08 bits per heavy atom. The van der Waals surface area contributed by atoms with Crippen molar-refractivity contribution in [3.8, 4) is 0 Å². The van der Waals surface area contributed by atoms with Gasteiger partial charge in [-0.1, -0.05) is 39.5 Å². The van der Waals surface area contributed by atoms with E-state index in [9.17, 15) is 0 Å².